The number of nitrogens with one attached hydrogen (secondary N) is 1. The number of nitrogens with zero attached hydrogens (tertiary/aromatic N) is 4. The van der Waals surface area contributed by atoms with Crippen LogP contribution in [0.15, 0.2) is 0 Å². The smallest absolute Gasteiger partial charge is 0.395 e. The van der Waals surface area contributed by atoms with Crippen molar-refractivity contribution >= 4 is 0 Å². The standard InChI is InChI=1S/C12H20F3N5O/c1-2-3-16-9(8-21)6-19-4-5-20-10(7-19)17-18-11(20)12(13,14)15/h9,16,21H,2-8H2,1H3. The van der Waals surface area contributed by atoms with Gasteiger partial charge >= 0.3 is 6.18 Å². The topological polar surface area (TPSA) is 66.2 Å². The van der Waals surface area contributed by atoms with Gasteiger partial charge in [0, 0.05) is 25.7 Å². The summed E-state index contributed by atoms with van der Waals surface area (Å²) in [6.07, 6.45) is -3.51. The average molecular weight is 307 g/mol. The summed E-state index contributed by atoms with van der Waals surface area (Å²) in [5.74, 6) is -0.610. The van der Waals surface area contributed by atoms with E-state index >= 15 is 0 Å². The van der Waals surface area contributed by atoms with E-state index in [-0.39, 0.29) is 19.2 Å². The van der Waals surface area contributed by atoms with Gasteiger partial charge in [0.25, 0.3) is 0 Å². The first-order chi connectivity index (χ1) is 9.95. The molecule has 9 heteroatoms. The summed E-state index contributed by atoms with van der Waals surface area (Å²) in [5, 5.41) is 19.4. The fourth-order valence-electron chi connectivity index (χ4n) is 2.42. The third-order valence-corrected chi connectivity index (χ3v) is 3.47. The van der Waals surface area contributed by atoms with Crippen LogP contribution in [0, 0.1) is 0 Å². The minimum atomic E-state index is -4.47. The number of aliphatic hydroxyl groups is 1. The van der Waals surface area contributed by atoms with E-state index in [1.54, 1.807) is 0 Å². The molecule has 1 aromatic heterocycles. The summed E-state index contributed by atoms with van der Waals surface area (Å²) >= 11 is 0. The molecule has 2 heterocycles. The van der Waals surface area contributed by atoms with Crippen LogP contribution in [0.25, 0.3) is 0 Å². The molecule has 0 amide bonds. The Morgan fingerprint density at radius 1 is 1.33 bits per heavy atom. The molecular weight excluding hydrogens is 287 g/mol. The zero-order chi connectivity index (χ0) is 15.5. The molecule has 0 saturated carbocycles. The van der Waals surface area contributed by atoms with Gasteiger partial charge in [-0.1, -0.05) is 6.92 Å². The van der Waals surface area contributed by atoms with Crippen LogP contribution in [0.4, 0.5) is 13.2 Å². The number of rotatable bonds is 6. The monoisotopic (exact) mass is 307 g/mol. The van der Waals surface area contributed by atoms with Crippen LogP contribution in [0.1, 0.15) is 25.0 Å². The van der Waals surface area contributed by atoms with Crippen LogP contribution in [-0.2, 0) is 19.3 Å². The number of aliphatic hydroxyl groups excluding tert-OH is 1. The molecule has 1 aliphatic rings. The minimum Gasteiger partial charge on any atom is -0.395 e. The maximum Gasteiger partial charge on any atom is 0.451 e. The molecule has 0 radical (unpaired) electrons. The number of halogens is 3. The Balaban J connectivity index is 1.98. The van der Waals surface area contributed by atoms with Gasteiger partial charge in [0.1, 0.15) is 5.82 Å². The molecule has 0 aliphatic carbocycles. The molecule has 2 rings (SSSR count). The van der Waals surface area contributed by atoms with Crippen molar-refractivity contribution < 1.29 is 18.3 Å². The van der Waals surface area contributed by atoms with Crippen molar-refractivity contribution in [3.63, 3.8) is 0 Å². The third-order valence-electron chi connectivity index (χ3n) is 3.47. The molecule has 21 heavy (non-hydrogen) atoms. The van der Waals surface area contributed by atoms with Crippen molar-refractivity contribution in [1.82, 2.24) is 25.0 Å². The van der Waals surface area contributed by atoms with Gasteiger partial charge < -0.3 is 15.0 Å². The molecule has 0 fully saturated rings. The lowest BCUT2D eigenvalue weighted by atomic mass is 10.2. The minimum absolute atomic E-state index is 0.00298. The molecule has 120 valence electrons. The first-order valence-electron chi connectivity index (χ1n) is 7.01. The van der Waals surface area contributed by atoms with Crippen molar-refractivity contribution in [3.8, 4) is 0 Å². The first-order valence-corrected chi connectivity index (χ1v) is 7.01. The van der Waals surface area contributed by atoms with Crippen molar-refractivity contribution in [1.29, 1.82) is 0 Å². The third kappa shape index (κ3) is 3.92. The molecule has 0 bridgehead atoms. The summed E-state index contributed by atoms with van der Waals surface area (Å²) in [4.78, 5) is 1.98. The van der Waals surface area contributed by atoms with E-state index in [1.807, 2.05) is 11.8 Å². The highest BCUT2D eigenvalue weighted by atomic mass is 19.4. The molecule has 0 spiro atoms. The molecule has 0 saturated heterocycles. The number of aromatic nitrogens is 3. The predicted octanol–water partition coefficient (Wildman–Crippen LogP) is 0.473. The highest BCUT2D eigenvalue weighted by molar-refractivity contribution is 5.02. The van der Waals surface area contributed by atoms with Crippen LogP contribution in [0.2, 0.25) is 0 Å². The van der Waals surface area contributed by atoms with Crippen molar-refractivity contribution in [2.75, 3.05) is 26.2 Å². The largest absolute Gasteiger partial charge is 0.451 e. The van der Waals surface area contributed by atoms with Gasteiger partial charge in [-0.15, -0.1) is 10.2 Å². The molecule has 0 aromatic carbocycles. The number of hydrogen-bond donors (Lipinski definition) is 2. The van der Waals surface area contributed by atoms with Gasteiger partial charge in [0.15, 0.2) is 0 Å². The van der Waals surface area contributed by atoms with E-state index in [9.17, 15) is 18.3 Å². The van der Waals surface area contributed by atoms with Crippen LogP contribution in [0.5, 0.6) is 0 Å². The van der Waals surface area contributed by atoms with Crippen molar-refractivity contribution in [2.24, 2.45) is 0 Å². The second-order valence-corrected chi connectivity index (χ2v) is 5.16. The lowest BCUT2D eigenvalue weighted by molar-refractivity contribution is -0.148. The average Bonchev–Trinajstić information content (AvgIpc) is 2.86. The molecule has 1 aromatic rings. The lowest BCUT2D eigenvalue weighted by Gasteiger charge is -2.30. The molecule has 1 atom stereocenters. The maximum atomic E-state index is 12.7. The molecule has 1 unspecified atom stereocenters. The van der Waals surface area contributed by atoms with Crippen LogP contribution < -0.4 is 5.32 Å². The Kier molecular flexibility index (Phi) is 5.17. The lowest BCUT2D eigenvalue weighted by Crippen LogP contribution is -2.46. The van der Waals surface area contributed by atoms with E-state index in [0.29, 0.717) is 25.5 Å². The van der Waals surface area contributed by atoms with Gasteiger partial charge in [-0.3, -0.25) is 4.90 Å². The van der Waals surface area contributed by atoms with Gasteiger partial charge in [-0.2, -0.15) is 13.2 Å². The zero-order valence-electron chi connectivity index (χ0n) is 11.9. The van der Waals surface area contributed by atoms with E-state index in [1.165, 1.54) is 0 Å². The zero-order valence-corrected chi connectivity index (χ0v) is 11.9. The Labute approximate surface area is 121 Å². The Morgan fingerprint density at radius 2 is 2.10 bits per heavy atom. The molecule has 2 N–H and O–H groups in total. The van der Waals surface area contributed by atoms with E-state index in [0.717, 1.165) is 17.5 Å². The number of hydrogen-bond acceptors (Lipinski definition) is 5. The Bertz CT molecular complexity index is 462. The fraction of sp³-hybridized carbons (Fsp3) is 0.833. The van der Waals surface area contributed by atoms with E-state index in [4.69, 9.17) is 0 Å². The Morgan fingerprint density at radius 3 is 2.71 bits per heavy atom. The fourth-order valence-corrected chi connectivity index (χ4v) is 2.42. The summed E-state index contributed by atoms with van der Waals surface area (Å²) in [6.45, 7) is 4.41. The number of alkyl halides is 3. The summed E-state index contributed by atoms with van der Waals surface area (Å²) in [5.41, 5.74) is 0. The SMILES string of the molecule is CCCNC(CO)CN1CCn2c(nnc2C(F)(F)F)C1. The molecular formula is C12H20F3N5O. The molecule has 6 nitrogen and oxygen atoms in total. The predicted molar refractivity (Wildman–Crippen MR) is 69.5 cm³/mol. The van der Waals surface area contributed by atoms with Crippen LogP contribution in [0.3, 0.4) is 0 Å². The summed E-state index contributed by atoms with van der Waals surface area (Å²) in [6, 6.07) is -0.0819. The van der Waals surface area contributed by atoms with Gasteiger partial charge in [0.05, 0.1) is 13.2 Å². The number of fused-ring (bicyclic) bond motifs is 1. The highest BCUT2D eigenvalue weighted by Gasteiger charge is 2.39. The second kappa shape index (κ2) is 6.71. The van der Waals surface area contributed by atoms with Gasteiger partial charge in [-0.25, -0.2) is 0 Å². The van der Waals surface area contributed by atoms with E-state index < -0.39 is 12.0 Å². The molecule has 1 aliphatic heterocycles. The maximum absolute atomic E-state index is 12.7. The summed E-state index contributed by atoms with van der Waals surface area (Å²) in [7, 11) is 0. The van der Waals surface area contributed by atoms with Gasteiger partial charge in [0.2, 0.25) is 5.82 Å². The highest BCUT2D eigenvalue weighted by Crippen LogP contribution is 2.29. The van der Waals surface area contributed by atoms with Crippen molar-refractivity contribution in [2.45, 2.75) is 38.7 Å². The van der Waals surface area contributed by atoms with Crippen LogP contribution >= 0.6 is 0 Å². The van der Waals surface area contributed by atoms with Crippen LogP contribution in [-0.4, -0.2) is 57.1 Å². The quantitative estimate of drug-likeness (QED) is 0.800. The first kappa shape index (κ1) is 16.2. The van der Waals surface area contributed by atoms with Gasteiger partial charge in [-0.05, 0) is 13.0 Å². The van der Waals surface area contributed by atoms with E-state index in [2.05, 4.69) is 15.5 Å². The Hall–Kier alpha value is -1.19. The normalized spacial score (nSPS) is 17.8. The van der Waals surface area contributed by atoms with Crippen molar-refractivity contribution in [3.05, 3.63) is 11.6 Å². The summed E-state index contributed by atoms with van der Waals surface area (Å²) < 4.78 is 39.3. The second-order valence-electron chi connectivity index (χ2n) is 5.16.